The highest BCUT2D eigenvalue weighted by molar-refractivity contribution is 7.89. The van der Waals surface area contributed by atoms with E-state index in [4.69, 9.17) is 0 Å². The maximum atomic E-state index is 12.3. The SMILES string of the molecule is Cn1c(=O)n(C)c2cc(S(=O)(=O)NCCCCCC(=O)[O-])ccc21. The Bertz CT molecular complexity index is 911. The molecule has 1 aromatic carbocycles. The van der Waals surface area contributed by atoms with Crippen molar-refractivity contribution in [3.8, 4) is 0 Å². The predicted molar refractivity (Wildman–Crippen MR) is 86.8 cm³/mol. The lowest BCUT2D eigenvalue weighted by Crippen LogP contribution is -2.25. The van der Waals surface area contributed by atoms with Gasteiger partial charge in [0.25, 0.3) is 0 Å². The lowest BCUT2D eigenvalue weighted by Gasteiger charge is -2.07. The number of nitrogens with one attached hydrogen (secondary N) is 1. The summed E-state index contributed by atoms with van der Waals surface area (Å²) in [7, 11) is -0.461. The molecule has 0 bridgehead atoms. The second-order valence-electron chi connectivity index (χ2n) is 5.63. The summed E-state index contributed by atoms with van der Waals surface area (Å²) in [5.41, 5.74) is 0.975. The van der Waals surface area contributed by atoms with Gasteiger partial charge in [0.2, 0.25) is 10.0 Å². The zero-order valence-electron chi connectivity index (χ0n) is 13.6. The van der Waals surface area contributed by atoms with Crippen LogP contribution in [0.3, 0.4) is 0 Å². The average Bonchev–Trinajstić information content (AvgIpc) is 2.75. The summed E-state index contributed by atoms with van der Waals surface area (Å²) in [4.78, 5) is 22.3. The Kier molecular flexibility index (Phi) is 5.45. The van der Waals surface area contributed by atoms with E-state index < -0.39 is 16.0 Å². The van der Waals surface area contributed by atoms with Gasteiger partial charge < -0.3 is 9.90 Å². The highest BCUT2D eigenvalue weighted by Crippen LogP contribution is 2.17. The topological polar surface area (TPSA) is 113 Å². The molecule has 0 aliphatic rings. The molecule has 0 atom stereocenters. The minimum Gasteiger partial charge on any atom is -0.550 e. The minimum absolute atomic E-state index is 0.0224. The number of carboxylic acids is 1. The number of aryl methyl sites for hydroxylation is 2. The van der Waals surface area contributed by atoms with Gasteiger partial charge in [-0.3, -0.25) is 9.13 Å². The third kappa shape index (κ3) is 3.85. The molecule has 1 heterocycles. The molecule has 24 heavy (non-hydrogen) atoms. The Morgan fingerprint density at radius 2 is 1.79 bits per heavy atom. The summed E-state index contributed by atoms with van der Waals surface area (Å²) < 4.78 is 30.0. The van der Waals surface area contributed by atoms with E-state index >= 15 is 0 Å². The van der Waals surface area contributed by atoms with Crippen LogP contribution in [0.5, 0.6) is 0 Å². The Labute approximate surface area is 139 Å². The second-order valence-corrected chi connectivity index (χ2v) is 7.40. The van der Waals surface area contributed by atoms with Crippen molar-refractivity contribution in [2.45, 2.75) is 30.6 Å². The van der Waals surface area contributed by atoms with Gasteiger partial charge in [0.15, 0.2) is 0 Å². The molecule has 2 aromatic rings. The number of carbonyl (C=O) groups is 1. The number of imidazole rings is 1. The summed E-state index contributed by atoms with van der Waals surface area (Å²) in [5, 5.41) is 10.3. The summed E-state index contributed by atoms with van der Waals surface area (Å²) in [6.07, 6.45) is 1.58. The minimum atomic E-state index is -3.68. The van der Waals surface area contributed by atoms with Crippen LogP contribution >= 0.6 is 0 Å². The van der Waals surface area contributed by atoms with Gasteiger partial charge in [0.05, 0.1) is 15.9 Å². The van der Waals surface area contributed by atoms with Crippen LogP contribution in [0.25, 0.3) is 11.0 Å². The first kappa shape index (κ1) is 18.2. The summed E-state index contributed by atoms with van der Waals surface area (Å²) >= 11 is 0. The highest BCUT2D eigenvalue weighted by Gasteiger charge is 2.16. The number of nitrogens with zero attached hydrogens (tertiary/aromatic N) is 2. The molecular formula is C15H20N3O5S-. The molecule has 2 rings (SSSR count). The summed E-state index contributed by atoms with van der Waals surface area (Å²) in [6, 6.07) is 4.53. The molecule has 1 aromatic heterocycles. The molecule has 1 N–H and O–H groups in total. The normalized spacial score (nSPS) is 11.9. The quantitative estimate of drug-likeness (QED) is 0.640. The second kappa shape index (κ2) is 7.18. The number of rotatable bonds is 8. The maximum Gasteiger partial charge on any atom is 0.328 e. The van der Waals surface area contributed by atoms with Gasteiger partial charge in [-0.05, 0) is 37.5 Å². The Morgan fingerprint density at radius 1 is 1.12 bits per heavy atom. The molecule has 9 heteroatoms. The maximum absolute atomic E-state index is 12.3. The monoisotopic (exact) mass is 354 g/mol. The summed E-state index contributed by atoms with van der Waals surface area (Å²) in [6.45, 7) is 0.223. The molecule has 0 aliphatic heterocycles. The molecule has 0 radical (unpaired) electrons. The number of sulfonamides is 1. The van der Waals surface area contributed by atoms with Crippen LogP contribution in [0.2, 0.25) is 0 Å². The number of aliphatic carboxylic acids is 1. The van der Waals surface area contributed by atoms with Crippen molar-refractivity contribution in [1.82, 2.24) is 13.9 Å². The zero-order chi connectivity index (χ0) is 17.9. The van der Waals surface area contributed by atoms with Crippen molar-refractivity contribution in [2.75, 3.05) is 6.54 Å². The van der Waals surface area contributed by atoms with E-state index in [1.807, 2.05) is 0 Å². The number of carboxylic acid groups (broad SMARTS) is 1. The number of aromatic nitrogens is 2. The fraction of sp³-hybridized carbons (Fsp3) is 0.467. The largest absolute Gasteiger partial charge is 0.550 e. The Morgan fingerprint density at radius 3 is 2.46 bits per heavy atom. The van der Waals surface area contributed by atoms with Crippen molar-refractivity contribution in [2.24, 2.45) is 14.1 Å². The van der Waals surface area contributed by atoms with Gasteiger partial charge in [0.1, 0.15) is 0 Å². The van der Waals surface area contributed by atoms with E-state index in [1.165, 1.54) is 21.3 Å². The zero-order valence-corrected chi connectivity index (χ0v) is 14.4. The average molecular weight is 354 g/mol. The van der Waals surface area contributed by atoms with Gasteiger partial charge in [-0.2, -0.15) is 0 Å². The third-order valence-electron chi connectivity index (χ3n) is 3.90. The van der Waals surface area contributed by atoms with Crippen LogP contribution in [-0.4, -0.2) is 30.1 Å². The predicted octanol–water partition coefficient (Wildman–Crippen LogP) is -0.534. The molecule has 0 amide bonds. The summed E-state index contributed by atoms with van der Waals surface area (Å²) in [5.74, 6) is -1.10. The van der Waals surface area contributed by atoms with Gasteiger partial charge in [0, 0.05) is 26.6 Å². The number of hydrogen-bond acceptors (Lipinski definition) is 5. The number of fused-ring (bicyclic) bond motifs is 1. The van der Waals surface area contributed by atoms with Crippen LogP contribution < -0.4 is 15.5 Å². The van der Waals surface area contributed by atoms with E-state index in [2.05, 4.69) is 4.72 Å². The highest BCUT2D eigenvalue weighted by atomic mass is 32.2. The fourth-order valence-corrected chi connectivity index (χ4v) is 3.61. The van der Waals surface area contributed by atoms with E-state index in [1.54, 1.807) is 20.2 Å². The number of carbonyl (C=O) groups excluding carboxylic acids is 1. The van der Waals surface area contributed by atoms with Crippen molar-refractivity contribution >= 4 is 27.0 Å². The lowest BCUT2D eigenvalue weighted by atomic mass is 10.2. The van der Waals surface area contributed by atoms with Crippen LogP contribution in [0.4, 0.5) is 0 Å². The molecule has 8 nitrogen and oxygen atoms in total. The first-order valence-electron chi connectivity index (χ1n) is 7.59. The molecular weight excluding hydrogens is 334 g/mol. The van der Waals surface area contributed by atoms with Crippen LogP contribution in [0, 0.1) is 0 Å². The third-order valence-corrected chi connectivity index (χ3v) is 5.36. The van der Waals surface area contributed by atoms with E-state index in [0.29, 0.717) is 30.3 Å². The molecule has 0 saturated heterocycles. The first-order valence-corrected chi connectivity index (χ1v) is 9.07. The van der Waals surface area contributed by atoms with Crippen molar-refractivity contribution in [3.63, 3.8) is 0 Å². The number of benzene rings is 1. The molecule has 0 aliphatic carbocycles. The van der Waals surface area contributed by atoms with Crippen molar-refractivity contribution in [1.29, 1.82) is 0 Å². The van der Waals surface area contributed by atoms with E-state index in [9.17, 15) is 23.1 Å². The fourth-order valence-electron chi connectivity index (χ4n) is 2.51. The van der Waals surface area contributed by atoms with Gasteiger partial charge in [-0.1, -0.05) is 6.42 Å². The smallest absolute Gasteiger partial charge is 0.328 e. The van der Waals surface area contributed by atoms with Crippen LogP contribution in [0.15, 0.2) is 27.9 Å². The number of unbranched alkanes of at least 4 members (excludes halogenated alkanes) is 2. The standard InChI is InChI=1S/C15H21N3O5S/c1-17-12-8-7-11(10-13(12)18(2)15(17)21)24(22,23)16-9-5-3-4-6-14(19)20/h7-8,10,16H,3-6,9H2,1-2H3,(H,19,20)/p-1. The molecule has 0 unspecified atom stereocenters. The molecule has 0 fully saturated rings. The van der Waals surface area contributed by atoms with E-state index in [-0.39, 0.29) is 23.6 Å². The van der Waals surface area contributed by atoms with Gasteiger partial charge in [-0.15, -0.1) is 0 Å². The lowest BCUT2D eigenvalue weighted by molar-refractivity contribution is -0.305. The Hall–Kier alpha value is -2.13. The van der Waals surface area contributed by atoms with Gasteiger partial charge in [-0.25, -0.2) is 17.9 Å². The molecule has 0 spiro atoms. The molecule has 0 saturated carbocycles. The van der Waals surface area contributed by atoms with Crippen LogP contribution in [-0.2, 0) is 28.9 Å². The number of hydrogen-bond donors (Lipinski definition) is 1. The van der Waals surface area contributed by atoms with Crippen LogP contribution in [0.1, 0.15) is 25.7 Å². The van der Waals surface area contributed by atoms with Crippen molar-refractivity contribution < 1.29 is 18.3 Å². The first-order chi connectivity index (χ1) is 11.2. The molecule has 132 valence electrons. The Balaban J connectivity index is 2.07. The van der Waals surface area contributed by atoms with Crippen molar-refractivity contribution in [3.05, 3.63) is 28.7 Å². The van der Waals surface area contributed by atoms with Gasteiger partial charge >= 0.3 is 5.69 Å². The van der Waals surface area contributed by atoms with E-state index in [0.717, 1.165) is 0 Å².